The quantitative estimate of drug-likeness (QED) is 0.188. The summed E-state index contributed by atoms with van der Waals surface area (Å²) in [4.78, 5) is 28.9. The van der Waals surface area contributed by atoms with E-state index in [0.29, 0.717) is 18.4 Å². The number of hydrogen-bond acceptors (Lipinski definition) is 7. The maximum atomic E-state index is 15.7. The summed E-state index contributed by atoms with van der Waals surface area (Å²) in [5, 5.41) is 5.30. The van der Waals surface area contributed by atoms with Crippen LogP contribution in [0.2, 0.25) is 0 Å². The average molecular weight is 676 g/mol. The fraction of sp³-hybridized carbons (Fsp3) is 0.341. The molecule has 0 bridgehead atoms. The molecule has 7 rings (SSSR count). The molecule has 3 aromatic carbocycles. The lowest BCUT2D eigenvalue weighted by molar-refractivity contribution is -0.141. The van der Waals surface area contributed by atoms with Crippen molar-refractivity contribution < 1.29 is 23.6 Å². The Balaban J connectivity index is 1.37. The molecule has 4 aliphatic rings. The summed E-state index contributed by atoms with van der Waals surface area (Å²) < 4.78 is 26.2. The van der Waals surface area contributed by atoms with Crippen LogP contribution in [0.5, 0.6) is 0 Å². The predicted octanol–water partition coefficient (Wildman–Crippen LogP) is 6.74. The molecule has 8 heteroatoms. The Kier molecular flexibility index (Phi) is 9.13. The van der Waals surface area contributed by atoms with Gasteiger partial charge in [0.05, 0.1) is 30.9 Å². The van der Waals surface area contributed by atoms with Gasteiger partial charge in [0.25, 0.3) is 0 Å². The molecular weight excluding hydrogens is 631 g/mol. The molecule has 1 spiro atoms. The van der Waals surface area contributed by atoms with Gasteiger partial charge < -0.3 is 19.4 Å². The van der Waals surface area contributed by atoms with Crippen LogP contribution < -0.4 is 15.9 Å². The Bertz CT molecular complexity index is 1750. The maximum Gasteiger partial charge on any atom is 0.335 e. The minimum Gasteiger partial charge on any atom is -0.469 e. The van der Waals surface area contributed by atoms with Crippen LogP contribution in [0.4, 0.5) is 5.69 Å². The molecule has 2 aliphatic heterocycles. The van der Waals surface area contributed by atoms with Gasteiger partial charge in [-0.2, -0.15) is 0 Å². The number of benzene rings is 3. The highest BCUT2D eigenvalue weighted by molar-refractivity contribution is 7.81. The Labute approximate surface area is 290 Å². The second kappa shape index (κ2) is 13.2. The summed E-state index contributed by atoms with van der Waals surface area (Å²) in [6, 6.07) is 27.8. The highest BCUT2D eigenvalue weighted by atomic mass is 31.2. The molecule has 1 N–H and O–H groups in total. The van der Waals surface area contributed by atoms with Crippen molar-refractivity contribution in [2.45, 2.75) is 63.5 Å². The van der Waals surface area contributed by atoms with Crippen molar-refractivity contribution in [1.29, 1.82) is 0 Å². The molecule has 5 radical (unpaired) electrons. The molecule has 49 heavy (non-hydrogen) atoms. The second-order valence-electron chi connectivity index (χ2n) is 13.7. The number of carbonyl (C=O) groups excluding carboxylic acids is 2. The number of fused-ring (bicyclic) bond motifs is 1. The summed E-state index contributed by atoms with van der Waals surface area (Å²) in [5.41, 5.74) is 3.62. The van der Waals surface area contributed by atoms with E-state index in [1.807, 2.05) is 79.6 Å². The normalized spacial score (nSPS) is 26.1. The van der Waals surface area contributed by atoms with Gasteiger partial charge in [-0.3, -0.25) is 9.69 Å². The first-order valence-electron chi connectivity index (χ1n) is 17.2. The standard InChI is InChI=1S/C41H44N2O5P/c1-5-40(24-23-36(44)47-3)27-32(38(45)48-4)37-41(33-20-12-13-21-34(33)42-37)25-26-43(39(40)41)28(2)31-19-14-22-35(31)49(46,29-15-8-6-9-16-29)30-17-10-7-11-18-30/h6-22,28,39,42H,5,23-27H2,1-4H3/t28-,39+,40-,41+/m0/s1. The van der Waals surface area contributed by atoms with Gasteiger partial charge in [-0.05, 0) is 68.9 Å². The zero-order valence-electron chi connectivity index (χ0n) is 28.6. The largest absolute Gasteiger partial charge is 0.469 e. The fourth-order valence-electron chi connectivity index (χ4n) is 9.35. The van der Waals surface area contributed by atoms with Gasteiger partial charge in [0, 0.05) is 53.0 Å². The first kappa shape index (κ1) is 33.8. The minimum atomic E-state index is -3.24. The molecular formula is C41H44N2O5P. The smallest absolute Gasteiger partial charge is 0.335 e. The Morgan fingerprint density at radius 2 is 1.59 bits per heavy atom. The van der Waals surface area contributed by atoms with Gasteiger partial charge in [-0.15, -0.1) is 0 Å². The van der Waals surface area contributed by atoms with Crippen molar-refractivity contribution in [3.8, 4) is 0 Å². The average Bonchev–Trinajstić information content (AvgIpc) is 3.90. The van der Waals surface area contributed by atoms with Crippen molar-refractivity contribution in [3.63, 3.8) is 0 Å². The molecule has 1 saturated heterocycles. The summed E-state index contributed by atoms with van der Waals surface area (Å²) in [5.74, 6) is 0.443. The summed E-state index contributed by atoms with van der Waals surface area (Å²) >= 11 is 0. The summed E-state index contributed by atoms with van der Waals surface area (Å²) in [6.07, 6.45) is 9.01. The number of nitrogens with one attached hydrogen (secondary N) is 1. The Morgan fingerprint density at radius 1 is 0.939 bits per heavy atom. The lowest BCUT2D eigenvalue weighted by Gasteiger charge is -2.55. The fourth-order valence-corrected chi connectivity index (χ4v) is 12.3. The van der Waals surface area contributed by atoms with Crippen molar-refractivity contribution in [3.05, 3.63) is 133 Å². The van der Waals surface area contributed by atoms with E-state index < -0.39 is 18.0 Å². The van der Waals surface area contributed by atoms with Crippen LogP contribution in [0.15, 0.2) is 96.2 Å². The van der Waals surface area contributed by atoms with Crippen molar-refractivity contribution in [2.75, 3.05) is 26.1 Å². The van der Waals surface area contributed by atoms with E-state index in [4.69, 9.17) is 9.47 Å². The summed E-state index contributed by atoms with van der Waals surface area (Å²) in [7, 11) is -0.372. The first-order valence-corrected chi connectivity index (χ1v) is 18.9. The molecule has 4 atom stereocenters. The number of likely N-dealkylation sites (tertiary alicyclic amines) is 1. The number of ether oxygens (including phenoxy) is 2. The molecule has 2 heterocycles. The molecule has 2 fully saturated rings. The number of para-hydroxylation sites is 1. The van der Waals surface area contributed by atoms with Gasteiger partial charge >= 0.3 is 11.9 Å². The number of nitrogens with zero attached hydrogens (tertiary/aromatic N) is 1. The van der Waals surface area contributed by atoms with E-state index in [-0.39, 0.29) is 30.4 Å². The molecule has 0 unspecified atom stereocenters. The van der Waals surface area contributed by atoms with Crippen LogP contribution in [0.1, 0.15) is 51.5 Å². The van der Waals surface area contributed by atoms with Crippen LogP contribution in [-0.4, -0.2) is 49.7 Å². The number of methoxy groups -OCH3 is 2. The molecule has 1 saturated carbocycles. The van der Waals surface area contributed by atoms with Crippen LogP contribution in [0, 0.1) is 36.3 Å². The van der Waals surface area contributed by atoms with Gasteiger partial charge in [0.1, 0.15) is 0 Å². The molecule has 3 aromatic rings. The van der Waals surface area contributed by atoms with Gasteiger partial charge in [-0.1, -0.05) is 85.8 Å². The second-order valence-corrected chi connectivity index (χ2v) is 16.4. The molecule has 0 amide bonds. The third-order valence-corrected chi connectivity index (χ3v) is 14.8. The predicted molar refractivity (Wildman–Crippen MR) is 193 cm³/mol. The summed E-state index contributed by atoms with van der Waals surface area (Å²) in [6.45, 7) is 5.16. The van der Waals surface area contributed by atoms with E-state index in [2.05, 4.69) is 48.7 Å². The van der Waals surface area contributed by atoms with Crippen LogP contribution in [0.25, 0.3) is 0 Å². The molecule has 2 aliphatic carbocycles. The number of anilines is 1. The monoisotopic (exact) mass is 675 g/mol. The molecule has 7 nitrogen and oxygen atoms in total. The third-order valence-electron chi connectivity index (χ3n) is 11.6. The van der Waals surface area contributed by atoms with E-state index >= 15 is 4.57 Å². The van der Waals surface area contributed by atoms with Crippen LogP contribution >= 0.6 is 7.14 Å². The minimum absolute atomic E-state index is 0.0696. The highest BCUT2D eigenvalue weighted by Gasteiger charge is 2.66. The molecule has 0 aromatic heterocycles. The Morgan fingerprint density at radius 3 is 2.22 bits per heavy atom. The maximum absolute atomic E-state index is 15.7. The molecule has 253 valence electrons. The van der Waals surface area contributed by atoms with Crippen molar-refractivity contribution in [1.82, 2.24) is 4.90 Å². The van der Waals surface area contributed by atoms with Gasteiger partial charge in [0.15, 0.2) is 7.14 Å². The number of esters is 2. The van der Waals surface area contributed by atoms with Gasteiger partial charge in [-0.25, -0.2) is 4.79 Å². The SMILES string of the molecule is CC[C@]1(CCC(=O)OC)CC(C(=O)OC)=C2Nc3ccccc3[C@]23CCN([C@@H](C)[C]2[CH][CH][CH][C]2P(=O)(c2ccccc2)c2ccccc2)[C@H]13. The number of carbonyl (C=O) groups is 2. The van der Waals surface area contributed by atoms with E-state index in [1.54, 1.807) is 0 Å². The van der Waals surface area contributed by atoms with Crippen LogP contribution in [-0.2, 0) is 29.0 Å². The zero-order chi connectivity index (χ0) is 34.4. The van der Waals surface area contributed by atoms with E-state index in [9.17, 15) is 9.59 Å². The van der Waals surface area contributed by atoms with E-state index in [0.717, 1.165) is 53.0 Å². The lowest BCUT2D eigenvalue weighted by atomic mass is 9.54. The topological polar surface area (TPSA) is 84.9 Å². The highest BCUT2D eigenvalue weighted by Crippen LogP contribution is 2.67. The van der Waals surface area contributed by atoms with Crippen molar-refractivity contribution in [2.24, 2.45) is 5.41 Å². The third kappa shape index (κ3) is 5.22. The number of hydrogen-bond donors (Lipinski definition) is 1. The van der Waals surface area contributed by atoms with Crippen molar-refractivity contribution >= 4 is 35.4 Å². The number of rotatable bonds is 10. The lowest BCUT2D eigenvalue weighted by Crippen LogP contribution is -2.60. The Hall–Kier alpha value is -3.67. The first-order chi connectivity index (χ1) is 23.7. The zero-order valence-corrected chi connectivity index (χ0v) is 29.5. The van der Waals surface area contributed by atoms with Gasteiger partial charge in [0.2, 0.25) is 0 Å². The van der Waals surface area contributed by atoms with Crippen LogP contribution in [0.3, 0.4) is 0 Å². The van der Waals surface area contributed by atoms with E-state index in [1.165, 1.54) is 19.8 Å².